The number of methoxy groups -OCH3 is 2. The number of benzene rings is 1. The van der Waals surface area contributed by atoms with E-state index in [4.69, 9.17) is 14.2 Å². The third-order valence-electron chi connectivity index (χ3n) is 2.52. The van der Waals surface area contributed by atoms with Crippen molar-refractivity contribution in [2.45, 2.75) is 6.92 Å². The molecule has 1 aromatic carbocycles. The van der Waals surface area contributed by atoms with Crippen LogP contribution in [0.3, 0.4) is 0 Å². The van der Waals surface area contributed by atoms with Gasteiger partial charge in [-0.1, -0.05) is 0 Å². The van der Waals surface area contributed by atoms with Gasteiger partial charge in [0.15, 0.2) is 11.5 Å². The fourth-order valence-electron chi connectivity index (χ4n) is 1.80. The zero-order valence-corrected chi connectivity index (χ0v) is 10.2. The number of rotatable bonds is 4. The van der Waals surface area contributed by atoms with Crippen molar-refractivity contribution in [2.24, 2.45) is 0 Å². The van der Waals surface area contributed by atoms with E-state index >= 15 is 0 Å². The second-order valence-electron chi connectivity index (χ2n) is 3.47. The van der Waals surface area contributed by atoms with Crippen molar-refractivity contribution in [3.63, 3.8) is 0 Å². The highest BCUT2D eigenvalue weighted by Crippen LogP contribution is 2.44. The van der Waals surface area contributed by atoms with Crippen LogP contribution in [0.5, 0.6) is 17.2 Å². The molecule has 6 heteroatoms. The number of carbonyl (C=O) groups excluding carboxylic acids is 2. The van der Waals surface area contributed by atoms with Crippen LogP contribution in [0.2, 0.25) is 0 Å². The summed E-state index contributed by atoms with van der Waals surface area (Å²) in [6.07, 6.45) is 0. The molecule has 1 aliphatic rings. The summed E-state index contributed by atoms with van der Waals surface area (Å²) >= 11 is 0. The van der Waals surface area contributed by atoms with Crippen molar-refractivity contribution in [1.29, 1.82) is 0 Å². The third-order valence-corrected chi connectivity index (χ3v) is 2.52. The van der Waals surface area contributed by atoms with Gasteiger partial charge >= 0.3 is 11.9 Å². The first kappa shape index (κ1) is 12.2. The van der Waals surface area contributed by atoms with E-state index in [9.17, 15) is 9.59 Å². The van der Waals surface area contributed by atoms with Crippen molar-refractivity contribution < 1.29 is 28.5 Å². The highest BCUT2D eigenvalue weighted by atomic mass is 16.6. The van der Waals surface area contributed by atoms with Crippen molar-refractivity contribution in [3.8, 4) is 17.2 Å². The maximum atomic E-state index is 11.6. The van der Waals surface area contributed by atoms with Gasteiger partial charge in [-0.05, 0) is 13.0 Å². The van der Waals surface area contributed by atoms with Crippen LogP contribution in [0.1, 0.15) is 27.6 Å². The highest BCUT2D eigenvalue weighted by molar-refractivity contribution is 6.17. The summed E-state index contributed by atoms with van der Waals surface area (Å²) in [7, 11) is 2.86. The first-order chi connectivity index (χ1) is 8.63. The van der Waals surface area contributed by atoms with Crippen LogP contribution in [0.25, 0.3) is 0 Å². The number of hydrogen-bond acceptors (Lipinski definition) is 6. The summed E-state index contributed by atoms with van der Waals surface area (Å²) in [5, 5.41) is 0. The van der Waals surface area contributed by atoms with Gasteiger partial charge in [0, 0.05) is 0 Å². The molecule has 0 saturated heterocycles. The molecular weight excluding hydrogens is 240 g/mol. The molecule has 0 atom stereocenters. The molecule has 1 aromatic rings. The Morgan fingerprint density at radius 3 is 2.39 bits per heavy atom. The Kier molecular flexibility index (Phi) is 3.10. The zero-order chi connectivity index (χ0) is 13.3. The fraction of sp³-hybridized carbons (Fsp3) is 0.333. The number of cyclic esters (lactones) is 2. The van der Waals surface area contributed by atoms with Gasteiger partial charge in [0.2, 0.25) is 5.75 Å². The molecule has 0 bridgehead atoms. The number of esters is 2. The van der Waals surface area contributed by atoms with E-state index in [1.54, 1.807) is 6.92 Å². The van der Waals surface area contributed by atoms with E-state index < -0.39 is 11.9 Å². The average Bonchev–Trinajstić information content (AvgIpc) is 2.64. The first-order valence-electron chi connectivity index (χ1n) is 5.32. The van der Waals surface area contributed by atoms with Crippen LogP contribution < -0.4 is 14.2 Å². The average molecular weight is 252 g/mol. The maximum absolute atomic E-state index is 11.6. The van der Waals surface area contributed by atoms with E-state index in [1.165, 1.54) is 20.3 Å². The Balaban J connectivity index is 2.73. The van der Waals surface area contributed by atoms with E-state index in [2.05, 4.69) is 4.74 Å². The minimum Gasteiger partial charge on any atom is -0.493 e. The summed E-state index contributed by atoms with van der Waals surface area (Å²) in [6, 6.07) is 1.41. The van der Waals surface area contributed by atoms with Crippen LogP contribution in [0.15, 0.2) is 6.07 Å². The van der Waals surface area contributed by atoms with Gasteiger partial charge in [-0.2, -0.15) is 0 Å². The van der Waals surface area contributed by atoms with Crippen LogP contribution in [0.4, 0.5) is 0 Å². The zero-order valence-electron chi connectivity index (χ0n) is 10.2. The minimum atomic E-state index is -0.737. The topological polar surface area (TPSA) is 71.1 Å². The molecule has 0 aliphatic carbocycles. The van der Waals surface area contributed by atoms with Gasteiger partial charge in [-0.15, -0.1) is 0 Å². The molecule has 2 rings (SSSR count). The van der Waals surface area contributed by atoms with Gasteiger partial charge in [0.05, 0.1) is 26.4 Å². The molecule has 6 nitrogen and oxygen atoms in total. The van der Waals surface area contributed by atoms with E-state index in [-0.39, 0.29) is 22.6 Å². The molecule has 18 heavy (non-hydrogen) atoms. The molecule has 0 amide bonds. The Morgan fingerprint density at radius 1 is 1.11 bits per heavy atom. The lowest BCUT2D eigenvalue weighted by Gasteiger charge is -2.14. The highest BCUT2D eigenvalue weighted by Gasteiger charge is 2.37. The summed E-state index contributed by atoms with van der Waals surface area (Å²) in [5.41, 5.74) is 0.209. The van der Waals surface area contributed by atoms with Crippen molar-refractivity contribution in [2.75, 3.05) is 20.8 Å². The Hall–Kier alpha value is -2.24. The third kappa shape index (κ3) is 1.66. The van der Waals surface area contributed by atoms with Gasteiger partial charge in [-0.3, -0.25) is 0 Å². The lowest BCUT2D eigenvalue weighted by molar-refractivity contribution is 0.0442. The summed E-state index contributed by atoms with van der Waals surface area (Å²) < 4.78 is 20.2. The summed E-state index contributed by atoms with van der Waals surface area (Å²) in [4.78, 5) is 23.1. The van der Waals surface area contributed by atoms with Gasteiger partial charge in [0.25, 0.3) is 0 Å². The quantitative estimate of drug-likeness (QED) is 0.596. The van der Waals surface area contributed by atoms with Gasteiger partial charge in [0.1, 0.15) is 5.56 Å². The van der Waals surface area contributed by atoms with E-state index in [1.807, 2.05) is 0 Å². The monoisotopic (exact) mass is 252 g/mol. The second-order valence-corrected chi connectivity index (χ2v) is 3.47. The normalized spacial score (nSPS) is 13.1. The number of fused-ring (bicyclic) bond motifs is 1. The maximum Gasteiger partial charge on any atom is 0.350 e. The SMILES string of the molecule is CCOc1c(OC)c(OC)cc2c1C(=O)OC2=O. The van der Waals surface area contributed by atoms with Crippen molar-refractivity contribution >= 4 is 11.9 Å². The van der Waals surface area contributed by atoms with Crippen molar-refractivity contribution in [3.05, 3.63) is 17.2 Å². The molecular formula is C12H12O6. The molecule has 96 valence electrons. The van der Waals surface area contributed by atoms with Crippen LogP contribution in [-0.2, 0) is 4.74 Å². The Bertz CT molecular complexity index is 520. The molecule has 0 fully saturated rings. The van der Waals surface area contributed by atoms with Crippen molar-refractivity contribution in [1.82, 2.24) is 0 Å². The van der Waals surface area contributed by atoms with E-state index in [0.29, 0.717) is 12.4 Å². The van der Waals surface area contributed by atoms with Gasteiger partial charge in [-0.25, -0.2) is 9.59 Å². The molecule has 0 spiro atoms. The van der Waals surface area contributed by atoms with Crippen LogP contribution in [0, 0.1) is 0 Å². The summed E-state index contributed by atoms with van der Waals surface area (Å²) in [6.45, 7) is 2.07. The predicted molar refractivity (Wildman–Crippen MR) is 60.5 cm³/mol. The first-order valence-corrected chi connectivity index (χ1v) is 5.32. The largest absolute Gasteiger partial charge is 0.493 e. The molecule has 0 unspecified atom stereocenters. The number of hydrogen-bond donors (Lipinski definition) is 0. The van der Waals surface area contributed by atoms with Crippen LogP contribution in [-0.4, -0.2) is 32.8 Å². The molecule has 0 radical (unpaired) electrons. The predicted octanol–water partition coefficient (Wildman–Crippen LogP) is 1.41. The van der Waals surface area contributed by atoms with Crippen LogP contribution >= 0.6 is 0 Å². The second kappa shape index (κ2) is 4.56. The molecule has 1 heterocycles. The molecule has 0 saturated carbocycles. The smallest absolute Gasteiger partial charge is 0.350 e. The van der Waals surface area contributed by atoms with Gasteiger partial charge < -0.3 is 18.9 Å². The Labute approximate surface area is 103 Å². The standard InChI is InChI=1S/C12H12O6/c1-4-17-10-8-6(11(13)18-12(8)14)5-7(15-2)9(10)16-3/h5H,4H2,1-3H3. The molecule has 0 N–H and O–H groups in total. The fourth-order valence-corrected chi connectivity index (χ4v) is 1.80. The molecule has 1 aliphatic heterocycles. The molecule has 0 aromatic heterocycles. The minimum absolute atomic E-state index is 0.0829. The lowest BCUT2D eigenvalue weighted by Crippen LogP contribution is -2.05. The number of ether oxygens (including phenoxy) is 4. The Morgan fingerprint density at radius 2 is 1.83 bits per heavy atom. The number of carbonyl (C=O) groups is 2. The van der Waals surface area contributed by atoms with E-state index in [0.717, 1.165) is 0 Å². The summed E-state index contributed by atoms with van der Waals surface area (Å²) in [5.74, 6) is -0.697. The lowest BCUT2D eigenvalue weighted by atomic mass is 10.1.